The number of rotatable bonds is 5. The van der Waals surface area contributed by atoms with Crippen LogP contribution in [0.25, 0.3) is 0 Å². The second-order valence-corrected chi connectivity index (χ2v) is 7.85. The lowest BCUT2D eigenvalue weighted by Gasteiger charge is -2.31. The number of hydrogen-bond donors (Lipinski definition) is 2. The van der Waals surface area contributed by atoms with Gasteiger partial charge in [-0.3, -0.25) is 14.7 Å². The maximum absolute atomic E-state index is 12.5. The zero-order valence-electron chi connectivity index (χ0n) is 15.5. The molecular weight excluding hydrogens is 378 g/mol. The van der Waals surface area contributed by atoms with Gasteiger partial charge in [0.2, 0.25) is 0 Å². The average Bonchev–Trinajstić information content (AvgIpc) is 3.47. The maximum atomic E-state index is 12.5. The first-order valence-electron chi connectivity index (χ1n) is 9.17. The van der Waals surface area contributed by atoms with Crippen molar-refractivity contribution in [1.82, 2.24) is 25.4 Å². The second kappa shape index (κ2) is 7.97. The van der Waals surface area contributed by atoms with Crippen molar-refractivity contribution >= 4 is 23.2 Å². The molecule has 2 amide bonds. The first-order chi connectivity index (χ1) is 13.6. The summed E-state index contributed by atoms with van der Waals surface area (Å²) >= 11 is 1.49. The van der Waals surface area contributed by atoms with Gasteiger partial charge in [0.25, 0.3) is 11.8 Å². The number of piperidine rings is 1. The fraction of sp³-hybridized carbons (Fsp3) is 0.368. The predicted molar refractivity (Wildman–Crippen MR) is 103 cm³/mol. The third kappa shape index (κ3) is 3.99. The molecular formula is C19H21N5O3S. The van der Waals surface area contributed by atoms with E-state index in [0.717, 1.165) is 23.5 Å². The number of hydrogen-bond acceptors (Lipinski definition) is 6. The fourth-order valence-electron chi connectivity index (χ4n) is 3.35. The van der Waals surface area contributed by atoms with Crippen molar-refractivity contribution in [2.45, 2.75) is 32.2 Å². The number of aryl methyl sites for hydroxylation is 1. The van der Waals surface area contributed by atoms with Gasteiger partial charge in [-0.15, -0.1) is 11.3 Å². The number of thiazole rings is 1. The van der Waals surface area contributed by atoms with Crippen LogP contribution in [0.2, 0.25) is 0 Å². The summed E-state index contributed by atoms with van der Waals surface area (Å²) in [4.78, 5) is 30.9. The Morgan fingerprint density at radius 2 is 2.18 bits per heavy atom. The Labute approximate surface area is 166 Å². The van der Waals surface area contributed by atoms with Crippen LogP contribution in [-0.4, -0.2) is 45.0 Å². The summed E-state index contributed by atoms with van der Waals surface area (Å²) < 4.78 is 5.20. The van der Waals surface area contributed by atoms with E-state index in [4.69, 9.17) is 4.42 Å². The first kappa shape index (κ1) is 18.4. The molecule has 8 nitrogen and oxygen atoms in total. The highest BCUT2D eigenvalue weighted by Gasteiger charge is 2.27. The minimum Gasteiger partial charge on any atom is -0.467 e. The molecule has 28 heavy (non-hydrogen) atoms. The molecule has 0 aromatic carbocycles. The number of amides is 2. The van der Waals surface area contributed by atoms with Crippen molar-refractivity contribution in [3.8, 4) is 0 Å². The maximum Gasteiger partial charge on any atom is 0.273 e. The Bertz CT molecular complexity index is 954. The number of nitrogens with zero attached hydrogens (tertiary/aromatic N) is 3. The first-order valence-corrected chi connectivity index (χ1v) is 10.1. The lowest BCUT2D eigenvalue weighted by Crippen LogP contribution is -2.38. The van der Waals surface area contributed by atoms with Gasteiger partial charge >= 0.3 is 0 Å². The molecule has 0 aliphatic carbocycles. The number of likely N-dealkylation sites (tertiary alicyclic amines) is 1. The van der Waals surface area contributed by atoms with Gasteiger partial charge in [-0.2, -0.15) is 5.10 Å². The van der Waals surface area contributed by atoms with Crippen LogP contribution in [0.3, 0.4) is 0 Å². The van der Waals surface area contributed by atoms with Gasteiger partial charge < -0.3 is 14.6 Å². The summed E-state index contributed by atoms with van der Waals surface area (Å²) in [6, 6.07) is 5.38. The third-order valence-electron chi connectivity index (χ3n) is 4.89. The molecule has 1 saturated heterocycles. The van der Waals surface area contributed by atoms with Crippen LogP contribution < -0.4 is 5.32 Å². The lowest BCUT2D eigenvalue weighted by atomic mass is 9.93. The average molecular weight is 399 g/mol. The van der Waals surface area contributed by atoms with Gasteiger partial charge in [-0.05, 0) is 38.0 Å². The highest BCUT2D eigenvalue weighted by atomic mass is 32.1. The van der Waals surface area contributed by atoms with Crippen LogP contribution in [0.15, 0.2) is 34.3 Å². The van der Waals surface area contributed by atoms with Crippen LogP contribution in [0.4, 0.5) is 0 Å². The minimum atomic E-state index is -0.245. The molecule has 2 N–H and O–H groups in total. The van der Waals surface area contributed by atoms with Gasteiger partial charge in [0.1, 0.15) is 17.1 Å². The molecule has 0 unspecified atom stereocenters. The minimum absolute atomic E-state index is 0.00889. The summed E-state index contributed by atoms with van der Waals surface area (Å²) in [5, 5.41) is 12.6. The summed E-state index contributed by atoms with van der Waals surface area (Å²) in [6.45, 7) is 3.55. The number of furan rings is 1. The van der Waals surface area contributed by atoms with Crippen molar-refractivity contribution in [1.29, 1.82) is 0 Å². The van der Waals surface area contributed by atoms with Crippen LogP contribution in [0.1, 0.15) is 56.2 Å². The predicted octanol–water partition coefficient (Wildman–Crippen LogP) is 2.72. The van der Waals surface area contributed by atoms with Crippen molar-refractivity contribution in [2.24, 2.45) is 0 Å². The fourth-order valence-corrected chi connectivity index (χ4v) is 3.94. The van der Waals surface area contributed by atoms with E-state index in [0.29, 0.717) is 36.8 Å². The Morgan fingerprint density at radius 1 is 1.36 bits per heavy atom. The van der Waals surface area contributed by atoms with Crippen LogP contribution in [0, 0.1) is 6.92 Å². The van der Waals surface area contributed by atoms with Crippen LogP contribution in [-0.2, 0) is 6.54 Å². The molecule has 1 fully saturated rings. The second-order valence-electron chi connectivity index (χ2n) is 6.79. The molecule has 9 heteroatoms. The topological polar surface area (TPSA) is 104 Å². The molecule has 0 saturated carbocycles. The molecule has 0 bridgehead atoms. The SMILES string of the molecule is Cc1nc(C(=O)N2CCC(c3cc(C(=O)NCc4ccco4)n[nH]3)CC2)cs1. The van der Waals surface area contributed by atoms with E-state index in [9.17, 15) is 9.59 Å². The molecule has 0 atom stereocenters. The van der Waals surface area contributed by atoms with Crippen molar-refractivity contribution < 1.29 is 14.0 Å². The molecule has 0 radical (unpaired) electrons. The highest BCUT2D eigenvalue weighted by Crippen LogP contribution is 2.28. The summed E-state index contributed by atoms with van der Waals surface area (Å²) in [5.41, 5.74) is 1.82. The molecule has 0 spiro atoms. The number of H-pyrrole nitrogens is 1. The summed E-state index contributed by atoms with van der Waals surface area (Å²) in [7, 11) is 0. The smallest absolute Gasteiger partial charge is 0.273 e. The molecule has 4 heterocycles. The Morgan fingerprint density at radius 3 is 2.86 bits per heavy atom. The molecule has 3 aromatic heterocycles. The third-order valence-corrected chi connectivity index (χ3v) is 5.67. The summed E-state index contributed by atoms with van der Waals surface area (Å²) in [5.74, 6) is 0.688. The Hall–Kier alpha value is -2.94. The van der Waals surface area contributed by atoms with Crippen molar-refractivity contribution in [3.63, 3.8) is 0 Å². The van der Waals surface area contributed by atoms with Gasteiger partial charge in [0.05, 0.1) is 17.8 Å². The largest absolute Gasteiger partial charge is 0.467 e. The quantitative estimate of drug-likeness (QED) is 0.686. The van der Waals surface area contributed by atoms with E-state index >= 15 is 0 Å². The van der Waals surface area contributed by atoms with E-state index in [1.165, 1.54) is 11.3 Å². The molecule has 4 rings (SSSR count). The Kier molecular flexibility index (Phi) is 5.25. The molecule has 1 aliphatic rings. The van der Waals surface area contributed by atoms with Gasteiger partial charge in [-0.25, -0.2) is 4.98 Å². The number of aromatic amines is 1. The molecule has 146 valence electrons. The van der Waals surface area contributed by atoms with Gasteiger partial charge in [0, 0.05) is 30.1 Å². The van der Waals surface area contributed by atoms with E-state index in [1.807, 2.05) is 17.2 Å². The Balaban J connectivity index is 1.31. The van der Waals surface area contributed by atoms with Crippen LogP contribution >= 0.6 is 11.3 Å². The standard InChI is InChI=1S/C19H21N5O3S/c1-12-21-17(11-28-12)19(26)24-6-4-13(5-7-24)15-9-16(23-22-15)18(25)20-10-14-3-2-8-27-14/h2-3,8-9,11,13H,4-7,10H2,1H3,(H,20,25)(H,22,23). The molecule has 3 aromatic rings. The zero-order chi connectivity index (χ0) is 19.5. The van der Waals surface area contributed by atoms with Crippen LogP contribution in [0.5, 0.6) is 0 Å². The van der Waals surface area contributed by atoms with E-state index in [-0.39, 0.29) is 17.7 Å². The normalized spacial score (nSPS) is 15.0. The van der Waals surface area contributed by atoms with E-state index < -0.39 is 0 Å². The number of nitrogens with one attached hydrogen (secondary N) is 2. The number of carbonyl (C=O) groups excluding carboxylic acids is 2. The number of carbonyl (C=O) groups is 2. The van der Waals surface area contributed by atoms with Gasteiger partial charge in [0.15, 0.2) is 0 Å². The number of aromatic nitrogens is 3. The van der Waals surface area contributed by atoms with E-state index in [2.05, 4.69) is 20.5 Å². The zero-order valence-corrected chi connectivity index (χ0v) is 16.3. The summed E-state index contributed by atoms with van der Waals surface area (Å²) in [6.07, 6.45) is 3.22. The van der Waals surface area contributed by atoms with Gasteiger partial charge in [-0.1, -0.05) is 0 Å². The van der Waals surface area contributed by atoms with E-state index in [1.54, 1.807) is 24.5 Å². The molecule has 1 aliphatic heterocycles. The lowest BCUT2D eigenvalue weighted by molar-refractivity contribution is 0.0706. The van der Waals surface area contributed by atoms with Crippen molar-refractivity contribution in [2.75, 3.05) is 13.1 Å². The monoisotopic (exact) mass is 399 g/mol. The van der Waals surface area contributed by atoms with Crippen molar-refractivity contribution in [3.05, 3.63) is 57.7 Å². The highest BCUT2D eigenvalue weighted by molar-refractivity contribution is 7.09.